The van der Waals surface area contributed by atoms with Crippen molar-refractivity contribution in [2.45, 2.75) is 35.5 Å². The van der Waals surface area contributed by atoms with E-state index in [0.717, 1.165) is 30.6 Å². The third-order valence-electron chi connectivity index (χ3n) is 3.94. The maximum absolute atomic E-state index is 12.7. The van der Waals surface area contributed by atoms with Gasteiger partial charge in [0.05, 0.1) is 14.9 Å². The Kier molecular flexibility index (Phi) is 6.55. The summed E-state index contributed by atoms with van der Waals surface area (Å²) in [5, 5.41) is 0. The predicted molar refractivity (Wildman–Crippen MR) is 113 cm³/mol. The van der Waals surface area contributed by atoms with Gasteiger partial charge in [-0.2, -0.15) is 0 Å². The first-order valence-electron chi connectivity index (χ1n) is 8.31. The molecule has 0 spiro atoms. The monoisotopic (exact) mass is 481 g/mol. The van der Waals surface area contributed by atoms with Crippen molar-refractivity contribution in [1.82, 2.24) is 4.72 Å². The Morgan fingerprint density at radius 2 is 1.75 bits per heavy atom. The second-order valence-corrected chi connectivity index (χ2v) is 11.7. The Labute approximate surface area is 177 Å². The van der Waals surface area contributed by atoms with Crippen molar-refractivity contribution >= 4 is 66.1 Å². The second-order valence-electron chi connectivity index (χ2n) is 6.07. The van der Waals surface area contributed by atoms with Crippen LogP contribution in [0.2, 0.25) is 8.67 Å². The molecule has 3 rings (SSSR count). The fourth-order valence-electron chi connectivity index (χ4n) is 2.62. The Hall–Kier alpha value is -1.33. The summed E-state index contributed by atoms with van der Waals surface area (Å²) in [6, 6.07) is 6.75. The highest BCUT2D eigenvalue weighted by Gasteiger charge is 2.23. The molecule has 0 saturated heterocycles. The number of benzene rings is 1. The molecule has 0 bridgehead atoms. The third kappa shape index (κ3) is 5.18. The molecule has 2 heterocycles. The van der Waals surface area contributed by atoms with E-state index < -0.39 is 20.0 Å². The molecule has 7 nitrogen and oxygen atoms in total. The van der Waals surface area contributed by atoms with Gasteiger partial charge in [-0.1, -0.05) is 35.7 Å². The van der Waals surface area contributed by atoms with Crippen LogP contribution < -0.4 is 9.44 Å². The molecule has 0 atom stereocenters. The number of halogens is 2. The zero-order valence-electron chi connectivity index (χ0n) is 14.5. The van der Waals surface area contributed by atoms with Crippen molar-refractivity contribution in [3.63, 3.8) is 0 Å². The minimum absolute atomic E-state index is 0.0225. The van der Waals surface area contributed by atoms with Gasteiger partial charge in [0.25, 0.3) is 20.0 Å². The van der Waals surface area contributed by atoms with Crippen molar-refractivity contribution in [3.05, 3.63) is 39.0 Å². The van der Waals surface area contributed by atoms with Crippen molar-refractivity contribution < 1.29 is 16.8 Å². The molecule has 1 aliphatic heterocycles. The lowest BCUT2D eigenvalue weighted by atomic mass is 10.2. The first-order valence-corrected chi connectivity index (χ1v) is 12.9. The van der Waals surface area contributed by atoms with Crippen LogP contribution in [0.3, 0.4) is 0 Å². The van der Waals surface area contributed by atoms with Gasteiger partial charge < -0.3 is 0 Å². The van der Waals surface area contributed by atoms with Crippen LogP contribution in [0, 0.1) is 0 Å². The van der Waals surface area contributed by atoms with Gasteiger partial charge in [0.1, 0.15) is 15.1 Å². The molecule has 0 radical (unpaired) electrons. The van der Waals surface area contributed by atoms with Crippen LogP contribution in [0.15, 0.2) is 45.1 Å². The van der Waals surface area contributed by atoms with E-state index in [1.165, 1.54) is 30.3 Å². The summed E-state index contributed by atoms with van der Waals surface area (Å²) >= 11 is 12.7. The van der Waals surface area contributed by atoms with Gasteiger partial charge in [0, 0.05) is 13.0 Å². The summed E-state index contributed by atoms with van der Waals surface area (Å²) in [7, 11) is -7.90. The molecule has 2 N–H and O–H groups in total. The molecule has 0 saturated carbocycles. The summed E-state index contributed by atoms with van der Waals surface area (Å²) in [4.78, 5) is 4.02. The summed E-state index contributed by atoms with van der Waals surface area (Å²) in [6.45, 7) is 0.585. The molecule has 1 aromatic carbocycles. The topological polar surface area (TPSA) is 105 Å². The number of thiophene rings is 1. The number of anilines is 1. The normalized spacial score (nSPS) is 15.6. The van der Waals surface area contributed by atoms with Crippen LogP contribution in [-0.4, -0.2) is 29.2 Å². The maximum Gasteiger partial charge on any atom is 0.264 e. The van der Waals surface area contributed by atoms with Crippen LogP contribution >= 0.6 is 34.5 Å². The lowest BCUT2D eigenvalue weighted by molar-refractivity contribution is 0.591. The highest BCUT2D eigenvalue weighted by atomic mass is 35.5. The van der Waals surface area contributed by atoms with Gasteiger partial charge >= 0.3 is 0 Å². The lowest BCUT2D eigenvalue weighted by Gasteiger charge is -2.12. The number of aliphatic imine (C=N–C) groups is 1. The summed E-state index contributed by atoms with van der Waals surface area (Å²) in [6.07, 6.45) is 3.35. The Bertz CT molecular complexity index is 1110. The molecule has 1 aliphatic rings. The Morgan fingerprint density at radius 3 is 2.46 bits per heavy atom. The average Bonchev–Trinajstić information content (AvgIpc) is 2.80. The standard InChI is InChI=1S/C16H17Cl2N3O4S3/c17-14-10-13(16(18)26-14)28(24,25)20-11-5-4-6-12(9-11)27(22,23)21-15-7-2-1-3-8-19-15/h4-6,9-10,20H,1-3,7-8H2,(H,19,21). The lowest BCUT2D eigenvalue weighted by Crippen LogP contribution is -2.30. The minimum atomic E-state index is -4.01. The van der Waals surface area contributed by atoms with Gasteiger partial charge in [-0.05, 0) is 37.1 Å². The van der Waals surface area contributed by atoms with Gasteiger partial charge in [0.15, 0.2) is 0 Å². The van der Waals surface area contributed by atoms with E-state index in [1.807, 2.05) is 0 Å². The molecule has 0 fully saturated rings. The quantitative estimate of drug-likeness (QED) is 0.669. The van der Waals surface area contributed by atoms with Crippen molar-refractivity contribution in [1.29, 1.82) is 0 Å². The molecule has 0 unspecified atom stereocenters. The fourth-order valence-corrected chi connectivity index (χ4v) is 6.95. The third-order valence-corrected chi connectivity index (χ3v) is 8.45. The van der Waals surface area contributed by atoms with Crippen molar-refractivity contribution in [2.24, 2.45) is 4.99 Å². The zero-order valence-corrected chi connectivity index (χ0v) is 18.4. The molecule has 0 amide bonds. The van der Waals surface area contributed by atoms with Crippen LogP contribution in [0.5, 0.6) is 0 Å². The maximum atomic E-state index is 12.7. The first kappa shape index (κ1) is 21.4. The van der Waals surface area contributed by atoms with Gasteiger partial charge in [-0.15, -0.1) is 11.3 Å². The largest absolute Gasteiger partial charge is 0.280 e. The molecule has 1 aromatic heterocycles. The number of hydrogen-bond acceptors (Lipinski definition) is 6. The smallest absolute Gasteiger partial charge is 0.264 e. The number of sulfonamides is 2. The number of rotatable bonds is 5. The minimum Gasteiger partial charge on any atom is -0.280 e. The van der Waals surface area contributed by atoms with Crippen LogP contribution in [0.25, 0.3) is 0 Å². The molecule has 0 aliphatic carbocycles. The number of nitrogens with one attached hydrogen (secondary N) is 2. The molecule has 2 aromatic rings. The highest BCUT2D eigenvalue weighted by molar-refractivity contribution is 7.93. The van der Waals surface area contributed by atoms with E-state index in [-0.39, 0.29) is 24.2 Å². The number of nitrogens with zero attached hydrogens (tertiary/aromatic N) is 1. The van der Waals surface area contributed by atoms with Crippen molar-refractivity contribution in [2.75, 3.05) is 11.3 Å². The van der Waals surface area contributed by atoms with Crippen LogP contribution in [0.1, 0.15) is 25.7 Å². The molecular formula is C16H17Cl2N3O4S3. The van der Waals surface area contributed by atoms with E-state index in [4.69, 9.17) is 23.2 Å². The van der Waals surface area contributed by atoms with Crippen molar-refractivity contribution in [3.8, 4) is 0 Å². The predicted octanol–water partition coefficient (Wildman–Crippen LogP) is 4.11. The average molecular weight is 482 g/mol. The highest BCUT2D eigenvalue weighted by Crippen LogP contribution is 2.35. The van der Waals surface area contributed by atoms with Crippen LogP contribution in [0.4, 0.5) is 5.69 Å². The summed E-state index contributed by atoms with van der Waals surface area (Å²) < 4.78 is 55.4. The summed E-state index contributed by atoms with van der Waals surface area (Å²) in [5.41, 5.74) is 0.0871. The molecule has 152 valence electrons. The van der Waals surface area contributed by atoms with Crippen LogP contribution in [-0.2, 0) is 20.0 Å². The van der Waals surface area contributed by atoms with E-state index in [2.05, 4.69) is 14.4 Å². The fraction of sp³-hybridized carbons (Fsp3) is 0.312. The molecular weight excluding hydrogens is 465 g/mol. The first-order chi connectivity index (χ1) is 13.2. The Balaban J connectivity index is 1.83. The number of amidine groups is 1. The van der Waals surface area contributed by atoms with E-state index in [9.17, 15) is 16.8 Å². The van der Waals surface area contributed by atoms with E-state index in [0.29, 0.717) is 18.8 Å². The van der Waals surface area contributed by atoms with Gasteiger partial charge in [-0.3, -0.25) is 14.4 Å². The number of hydrogen-bond donors (Lipinski definition) is 2. The summed E-state index contributed by atoms with van der Waals surface area (Å²) in [5.74, 6) is 0.420. The van der Waals surface area contributed by atoms with Gasteiger partial charge in [0.2, 0.25) is 0 Å². The zero-order chi connectivity index (χ0) is 20.4. The van der Waals surface area contributed by atoms with E-state index in [1.54, 1.807) is 0 Å². The Morgan fingerprint density at radius 1 is 0.964 bits per heavy atom. The molecule has 12 heteroatoms. The second kappa shape index (κ2) is 8.58. The van der Waals surface area contributed by atoms with Gasteiger partial charge in [-0.25, -0.2) is 16.8 Å². The SMILES string of the molecule is O=S(=O)(NC1=NCCCCC1)c1cccc(NS(=O)(=O)c2cc(Cl)sc2Cl)c1. The molecule has 28 heavy (non-hydrogen) atoms. The van der Waals surface area contributed by atoms with E-state index >= 15 is 0 Å².